The van der Waals surface area contributed by atoms with Gasteiger partial charge in [0.25, 0.3) is 0 Å². The summed E-state index contributed by atoms with van der Waals surface area (Å²) in [5.41, 5.74) is 1.37. The maximum Gasteiger partial charge on any atom is 0.321 e. The standard InChI is InChI=1S/C16H16ClN3O3/c17-12-4-1-5-13(7-12)20-15(21)8-14(16(22)23)19-10-11-3-2-6-18-9-11/h1-7,9,14,19H,8,10H2,(H,20,21)(H,22,23)/t14-/m0/s1. The van der Waals surface area contributed by atoms with Gasteiger partial charge in [0.1, 0.15) is 6.04 Å². The zero-order valence-electron chi connectivity index (χ0n) is 12.2. The van der Waals surface area contributed by atoms with Crippen molar-refractivity contribution in [3.05, 3.63) is 59.4 Å². The average molecular weight is 334 g/mol. The van der Waals surface area contributed by atoms with Crippen molar-refractivity contribution >= 4 is 29.2 Å². The molecule has 1 aromatic carbocycles. The van der Waals surface area contributed by atoms with E-state index in [-0.39, 0.29) is 6.42 Å². The molecule has 0 aliphatic carbocycles. The number of nitrogens with one attached hydrogen (secondary N) is 2. The number of aliphatic carboxylic acids is 1. The molecule has 7 heteroatoms. The first kappa shape index (κ1) is 16.9. The van der Waals surface area contributed by atoms with Crippen LogP contribution < -0.4 is 10.6 Å². The molecule has 1 amide bonds. The monoisotopic (exact) mass is 333 g/mol. The second kappa shape index (κ2) is 8.26. The number of carboxylic acids is 1. The number of carbonyl (C=O) groups is 2. The van der Waals surface area contributed by atoms with Crippen molar-refractivity contribution < 1.29 is 14.7 Å². The highest BCUT2D eigenvalue weighted by Gasteiger charge is 2.20. The molecule has 1 heterocycles. The smallest absolute Gasteiger partial charge is 0.321 e. The number of benzene rings is 1. The zero-order chi connectivity index (χ0) is 16.7. The molecule has 1 aromatic heterocycles. The van der Waals surface area contributed by atoms with Crippen molar-refractivity contribution in [1.82, 2.24) is 10.3 Å². The van der Waals surface area contributed by atoms with Gasteiger partial charge in [-0.15, -0.1) is 0 Å². The molecule has 0 saturated heterocycles. The van der Waals surface area contributed by atoms with Gasteiger partial charge in [-0.3, -0.25) is 19.9 Å². The maximum absolute atomic E-state index is 12.0. The van der Waals surface area contributed by atoms with Crippen molar-refractivity contribution in [1.29, 1.82) is 0 Å². The van der Waals surface area contributed by atoms with Crippen LogP contribution >= 0.6 is 11.6 Å². The Morgan fingerprint density at radius 1 is 1.26 bits per heavy atom. The van der Waals surface area contributed by atoms with E-state index in [2.05, 4.69) is 15.6 Å². The van der Waals surface area contributed by atoms with Crippen LogP contribution in [0.25, 0.3) is 0 Å². The Balaban J connectivity index is 1.91. The fraction of sp³-hybridized carbons (Fsp3) is 0.188. The molecule has 0 aliphatic heterocycles. The summed E-state index contributed by atoms with van der Waals surface area (Å²) in [5, 5.41) is 15.2. The van der Waals surface area contributed by atoms with Gasteiger partial charge in [-0.05, 0) is 29.8 Å². The van der Waals surface area contributed by atoms with E-state index in [1.165, 1.54) is 0 Å². The lowest BCUT2D eigenvalue weighted by Gasteiger charge is -2.14. The van der Waals surface area contributed by atoms with Crippen molar-refractivity contribution in [3.8, 4) is 0 Å². The minimum absolute atomic E-state index is 0.192. The summed E-state index contributed by atoms with van der Waals surface area (Å²) in [6.45, 7) is 0.315. The van der Waals surface area contributed by atoms with Gasteiger partial charge in [0, 0.05) is 29.6 Å². The number of rotatable bonds is 7. The van der Waals surface area contributed by atoms with E-state index in [1.54, 1.807) is 42.7 Å². The molecule has 0 saturated carbocycles. The van der Waals surface area contributed by atoms with E-state index >= 15 is 0 Å². The Labute approximate surface area is 138 Å². The number of carboxylic acid groups (broad SMARTS) is 1. The molecule has 120 valence electrons. The molecular formula is C16H16ClN3O3. The number of amides is 1. The Hall–Kier alpha value is -2.44. The third-order valence-electron chi connectivity index (χ3n) is 3.07. The summed E-state index contributed by atoms with van der Waals surface area (Å²) < 4.78 is 0. The van der Waals surface area contributed by atoms with Crippen LogP contribution in [0, 0.1) is 0 Å². The zero-order valence-corrected chi connectivity index (χ0v) is 13.0. The number of pyridine rings is 1. The maximum atomic E-state index is 12.0. The Morgan fingerprint density at radius 2 is 2.09 bits per heavy atom. The number of aromatic nitrogens is 1. The Kier molecular flexibility index (Phi) is 6.08. The van der Waals surface area contributed by atoms with Crippen LogP contribution in [-0.4, -0.2) is 28.0 Å². The highest BCUT2D eigenvalue weighted by Crippen LogP contribution is 2.15. The summed E-state index contributed by atoms with van der Waals surface area (Å²) in [5.74, 6) is -1.49. The van der Waals surface area contributed by atoms with Crippen LogP contribution in [0.1, 0.15) is 12.0 Å². The van der Waals surface area contributed by atoms with Crippen LogP contribution in [0.15, 0.2) is 48.8 Å². The number of carbonyl (C=O) groups excluding carboxylic acids is 1. The van der Waals surface area contributed by atoms with E-state index in [1.807, 2.05) is 6.07 Å². The fourth-order valence-corrected chi connectivity index (χ4v) is 2.14. The summed E-state index contributed by atoms with van der Waals surface area (Å²) in [4.78, 5) is 27.2. The van der Waals surface area contributed by atoms with Gasteiger partial charge in [0.2, 0.25) is 5.91 Å². The van der Waals surface area contributed by atoms with Crippen LogP contribution in [0.5, 0.6) is 0 Å². The summed E-state index contributed by atoms with van der Waals surface area (Å²) >= 11 is 5.84. The van der Waals surface area contributed by atoms with Gasteiger partial charge < -0.3 is 10.4 Å². The first-order chi connectivity index (χ1) is 11.0. The predicted molar refractivity (Wildman–Crippen MR) is 87.2 cm³/mol. The SMILES string of the molecule is O=C(C[C@H](NCc1cccnc1)C(=O)O)Nc1cccc(Cl)c1. The molecule has 0 spiro atoms. The minimum atomic E-state index is -1.09. The molecule has 0 bridgehead atoms. The van der Waals surface area contributed by atoms with Gasteiger partial charge in [0.05, 0.1) is 6.42 Å². The van der Waals surface area contributed by atoms with Crippen molar-refractivity contribution in [2.45, 2.75) is 19.0 Å². The van der Waals surface area contributed by atoms with Gasteiger partial charge in [-0.1, -0.05) is 23.7 Å². The highest BCUT2D eigenvalue weighted by molar-refractivity contribution is 6.30. The average Bonchev–Trinajstić information content (AvgIpc) is 2.52. The first-order valence-corrected chi connectivity index (χ1v) is 7.33. The van der Waals surface area contributed by atoms with Crippen LogP contribution in [0.2, 0.25) is 5.02 Å². The van der Waals surface area contributed by atoms with Crippen molar-refractivity contribution in [2.75, 3.05) is 5.32 Å². The summed E-state index contributed by atoms with van der Waals surface area (Å²) in [7, 11) is 0. The number of nitrogens with zero attached hydrogens (tertiary/aromatic N) is 1. The summed E-state index contributed by atoms with van der Waals surface area (Å²) in [6, 6.07) is 9.26. The number of anilines is 1. The number of halogens is 1. The third kappa shape index (κ3) is 5.69. The molecule has 3 N–H and O–H groups in total. The second-order valence-corrected chi connectivity index (χ2v) is 5.33. The lowest BCUT2D eigenvalue weighted by atomic mass is 10.1. The molecule has 6 nitrogen and oxygen atoms in total. The molecule has 0 radical (unpaired) electrons. The van der Waals surface area contributed by atoms with Crippen LogP contribution in [0.4, 0.5) is 5.69 Å². The predicted octanol–water partition coefficient (Wildman–Crippen LogP) is 2.31. The minimum Gasteiger partial charge on any atom is -0.480 e. The lowest BCUT2D eigenvalue weighted by Crippen LogP contribution is -2.39. The lowest BCUT2D eigenvalue weighted by molar-refractivity contribution is -0.141. The Morgan fingerprint density at radius 3 is 2.74 bits per heavy atom. The van der Waals surface area contributed by atoms with Gasteiger partial charge in [0.15, 0.2) is 0 Å². The van der Waals surface area contributed by atoms with Gasteiger partial charge in [-0.2, -0.15) is 0 Å². The number of hydrogen-bond donors (Lipinski definition) is 3. The molecule has 0 fully saturated rings. The quantitative estimate of drug-likeness (QED) is 0.723. The number of hydrogen-bond acceptors (Lipinski definition) is 4. The second-order valence-electron chi connectivity index (χ2n) is 4.90. The molecular weight excluding hydrogens is 318 g/mol. The van der Waals surface area contributed by atoms with Crippen molar-refractivity contribution in [2.24, 2.45) is 0 Å². The third-order valence-corrected chi connectivity index (χ3v) is 3.31. The highest BCUT2D eigenvalue weighted by atomic mass is 35.5. The van der Waals surface area contributed by atoms with E-state index < -0.39 is 17.9 Å². The van der Waals surface area contributed by atoms with Crippen molar-refractivity contribution in [3.63, 3.8) is 0 Å². The molecule has 2 rings (SSSR count). The normalized spacial score (nSPS) is 11.7. The van der Waals surface area contributed by atoms with Crippen LogP contribution in [0.3, 0.4) is 0 Å². The van der Waals surface area contributed by atoms with Gasteiger partial charge >= 0.3 is 5.97 Å². The van der Waals surface area contributed by atoms with E-state index in [0.717, 1.165) is 5.56 Å². The first-order valence-electron chi connectivity index (χ1n) is 6.95. The molecule has 1 atom stereocenters. The fourth-order valence-electron chi connectivity index (χ4n) is 1.95. The molecule has 23 heavy (non-hydrogen) atoms. The molecule has 0 unspecified atom stereocenters. The largest absolute Gasteiger partial charge is 0.480 e. The van der Waals surface area contributed by atoms with Gasteiger partial charge in [-0.25, -0.2) is 0 Å². The van der Waals surface area contributed by atoms with E-state index in [4.69, 9.17) is 11.6 Å². The van der Waals surface area contributed by atoms with Crippen LogP contribution in [-0.2, 0) is 16.1 Å². The molecule has 0 aliphatic rings. The van der Waals surface area contributed by atoms with E-state index in [0.29, 0.717) is 17.3 Å². The molecule has 2 aromatic rings. The van der Waals surface area contributed by atoms with E-state index in [9.17, 15) is 14.7 Å². The summed E-state index contributed by atoms with van der Waals surface area (Å²) in [6.07, 6.45) is 3.08. The Bertz CT molecular complexity index is 679. The topological polar surface area (TPSA) is 91.3 Å².